The molecule has 0 aliphatic rings. The summed E-state index contributed by atoms with van der Waals surface area (Å²) in [5.41, 5.74) is 1.75. The normalized spacial score (nSPS) is 10.5. The maximum Gasteiger partial charge on any atom is 0.335 e. The van der Waals surface area contributed by atoms with Gasteiger partial charge in [0.2, 0.25) is 0 Å². The Kier molecular flexibility index (Phi) is 4.25. The van der Waals surface area contributed by atoms with Crippen molar-refractivity contribution < 1.29 is 19.1 Å². The molecule has 1 heterocycles. The number of nitrogens with zero attached hydrogens (tertiary/aromatic N) is 3. The van der Waals surface area contributed by atoms with Crippen molar-refractivity contribution in [1.82, 2.24) is 15.0 Å². The van der Waals surface area contributed by atoms with Crippen molar-refractivity contribution in [3.63, 3.8) is 0 Å². The van der Waals surface area contributed by atoms with E-state index in [2.05, 4.69) is 15.6 Å². The van der Waals surface area contributed by atoms with Crippen molar-refractivity contribution in [2.24, 2.45) is 0 Å². The molecule has 0 fully saturated rings. The number of halogens is 1. The number of nitrogens with one attached hydrogen (secondary N) is 1. The van der Waals surface area contributed by atoms with E-state index in [1.165, 1.54) is 53.2 Å². The minimum atomic E-state index is -1.05. The van der Waals surface area contributed by atoms with Gasteiger partial charge in [-0.1, -0.05) is 5.21 Å². The smallest absolute Gasteiger partial charge is 0.335 e. The maximum atomic E-state index is 13.0. The molecule has 0 spiro atoms. The number of aromatic carboxylic acids is 1. The summed E-state index contributed by atoms with van der Waals surface area (Å²) in [5, 5.41) is 19.3. The van der Waals surface area contributed by atoms with E-state index in [0.29, 0.717) is 17.1 Å². The van der Waals surface area contributed by atoms with Crippen molar-refractivity contribution in [3.8, 4) is 5.69 Å². The SMILES string of the molecule is Cc1c(C(=O)Nc2ccc(C(=O)O)cc2)nnn1-c1ccc(F)cc1. The van der Waals surface area contributed by atoms with Crippen molar-refractivity contribution >= 4 is 17.6 Å². The second kappa shape index (κ2) is 6.52. The van der Waals surface area contributed by atoms with E-state index < -0.39 is 11.9 Å². The molecule has 3 aromatic rings. The van der Waals surface area contributed by atoms with Crippen molar-refractivity contribution in [3.05, 3.63) is 71.3 Å². The Balaban J connectivity index is 1.81. The summed E-state index contributed by atoms with van der Waals surface area (Å²) in [5.74, 6) is -1.89. The van der Waals surface area contributed by atoms with E-state index in [9.17, 15) is 14.0 Å². The standard InChI is InChI=1S/C17H13FN4O3/c1-10-15(20-21-22(10)14-8-4-12(18)5-9-14)16(23)19-13-6-2-11(3-7-13)17(24)25/h2-9H,1H3,(H,19,23)(H,24,25). The van der Waals surface area contributed by atoms with Crippen LogP contribution in [-0.4, -0.2) is 32.0 Å². The minimum Gasteiger partial charge on any atom is -0.478 e. The number of benzene rings is 2. The number of rotatable bonds is 4. The summed E-state index contributed by atoms with van der Waals surface area (Å²) < 4.78 is 14.4. The molecule has 0 unspecified atom stereocenters. The van der Waals surface area contributed by atoms with Gasteiger partial charge in [-0.3, -0.25) is 4.79 Å². The van der Waals surface area contributed by atoms with Gasteiger partial charge < -0.3 is 10.4 Å². The Morgan fingerprint density at radius 1 is 1.08 bits per heavy atom. The van der Waals surface area contributed by atoms with Gasteiger partial charge in [-0.25, -0.2) is 13.9 Å². The zero-order chi connectivity index (χ0) is 18.0. The first-order valence-corrected chi connectivity index (χ1v) is 7.28. The minimum absolute atomic E-state index is 0.117. The van der Waals surface area contributed by atoms with E-state index in [1.54, 1.807) is 6.92 Å². The third kappa shape index (κ3) is 3.37. The molecule has 0 atom stereocenters. The molecule has 25 heavy (non-hydrogen) atoms. The molecule has 1 aromatic heterocycles. The molecule has 0 aliphatic carbocycles. The van der Waals surface area contributed by atoms with Gasteiger partial charge in [0.15, 0.2) is 5.69 Å². The van der Waals surface area contributed by atoms with Gasteiger partial charge in [0, 0.05) is 5.69 Å². The third-order valence-electron chi connectivity index (χ3n) is 3.57. The van der Waals surface area contributed by atoms with Crippen LogP contribution in [0.3, 0.4) is 0 Å². The van der Waals surface area contributed by atoms with Gasteiger partial charge in [-0.05, 0) is 55.5 Å². The maximum absolute atomic E-state index is 13.0. The largest absolute Gasteiger partial charge is 0.478 e. The van der Waals surface area contributed by atoms with E-state index in [1.807, 2.05) is 0 Å². The molecule has 1 amide bonds. The quantitative estimate of drug-likeness (QED) is 0.761. The van der Waals surface area contributed by atoms with Crippen molar-refractivity contribution in [2.75, 3.05) is 5.32 Å². The topological polar surface area (TPSA) is 97.1 Å². The van der Waals surface area contributed by atoms with Crippen LogP contribution in [0.4, 0.5) is 10.1 Å². The molecule has 126 valence electrons. The summed E-state index contributed by atoms with van der Waals surface area (Å²) in [6.07, 6.45) is 0. The number of hydrogen-bond acceptors (Lipinski definition) is 4. The van der Waals surface area contributed by atoms with Crippen molar-refractivity contribution in [2.45, 2.75) is 6.92 Å². The van der Waals surface area contributed by atoms with Crippen LogP contribution in [0, 0.1) is 12.7 Å². The van der Waals surface area contributed by atoms with Crippen LogP contribution < -0.4 is 5.32 Å². The molecule has 2 N–H and O–H groups in total. The number of aromatic nitrogens is 3. The molecule has 0 bridgehead atoms. The lowest BCUT2D eigenvalue weighted by atomic mass is 10.2. The van der Waals surface area contributed by atoms with E-state index in [0.717, 1.165) is 0 Å². The molecule has 2 aromatic carbocycles. The summed E-state index contributed by atoms with van der Waals surface area (Å²) >= 11 is 0. The van der Waals surface area contributed by atoms with Gasteiger partial charge in [-0.2, -0.15) is 0 Å². The third-order valence-corrected chi connectivity index (χ3v) is 3.57. The Morgan fingerprint density at radius 2 is 1.72 bits per heavy atom. The molecular formula is C17H13FN4O3. The van der Waals surface area contributed by atoms with Gasteiger partial charge in [0.25, 0.3) is 5.91 Å². The highest BCUT2D eigenvalue weighted by molar-refractivity contribution is 6.03. The van der Waals surface area contributed by atoms with Crippen LogP contribution in [0.1, 0.15) is 26.5 Å². The molecule has 3 rings (SSSR count). The summed E-state index contributed by atoms with van der Waals surface area (Å²) in [6, 6.07) is 11.4. The fourth-order valence-electron chi connectivity index (χ4n) is 2.25. The van der Waals surface area contributed by atoms with Crippen LogP contribution in [0.5, 0.6) is 0 Å². The molecule has 0 saturated heterocycles. The van der Waals surface area contributed by atoms with Gasteiger partial charge in [-0.15, -0.1) is 5.10 Å². The van der Waals surface area contributed by atoms with Crippen LogP contribution in [-0.2, 0) is 0 Å². The lowest BCUT2D eigenvalue weighted by Gasteiger charge is -2.05. The summed E-state index contributed by atoms with van der Waals surface area (Å²) in [6.45, 7) is 1.67. The summed E-state index contributed by atoms with van der Waals surface area (Å²) in [7, 11) is 0. The zero-order valence-electron chi connectivity index (χ0n) is 13.1. The summed E-state index contributed by atoms with van der Waals surface area (Å²) in [4.78, 5) is 23.2. The lowest BCUT2D eigenvalue weighted by Crippen LogP contribution is -2.14. The number of amides is 1. The first-order valence-electron chi connectivity index (χ1n) is 7.28. The number of carboxylic acids is 1. The fourth-order valence-corrected chi connectivity index (χ4v) is 2.25. The van der Waals surface area contributed by atoms with E-state index in [4.69, 9.17) is 5.11 Å². The highest BCUT2D eigenvalue weighted by Gasteiger charge is 2.17. The van der Waals surface area contributed by atoms with E-state index in [-0.39, 0.29) is 17.1 Å². The van der Waals surface area contributed by atoms with Crippen LogP contribution in [0.15, 0.2) is 48.5 Å². The first-order chi connectivity index (χ1) is 12.0. The number of hydrogen-bond donors (Lipinski definition) is 2. The lowest BCUT2D eigenvalue weighted by molar-refractivity contribution is 0.0696. The van der Waals surface area contributed by atoms with Crippen LogP contribution in [0.2, 0.25) is 0 Å². The second-order valence-corrected chi connectivity index (χ2v) is 5.25. The predicted molar refractivity (Wildman–Crippen MR) is 87.4 cm³/mol. The number of carbonyl (C=O) groups is 2. The molecule has 0 saturated carbocycles. The van der Waals surface area contributed by atoms with Gasteiger partial charge >= 0.3 is 5.97 Å². The van der Waals surface area contributed by atoms with Gasteiger partial charge in [0.05, 0.1) is 16.9 Å². The van der Waals surface area contributed by atoms with E-state index >= 15 is 0 Å². The second-order valence-electron chi connectivity index (χ2n) is 5.25. The van der Waals surface area contributed by atoms with Crippen LogP contribution in [0.25, 0.3) is 5.69 Å². The average Bonchev–Trinajstić information content (AvgIpc) is 2.98. The monoisotopic (exact) mass is 340 g/mol. The Morgan fingerprint density at radius 3 is 2.32 bits per heavy atom. The fraction of sp³-hybridized carbons (Fsp3) is 0.0588. The Labute approximate surface area is 141 Å². The number of carboxylic acid groups (broad SMARTS) is 1. The highest BCUT2D eigenvalue weighted by Crippen LogP contribution is 2.15. The number of anilines is 1. The Bertz CT molecular complexity index is 934. The molecule has 7 nitrogen and oxygen atoms in total. The molecular weight excluding hydrogens is 327 g/mol. The first kappa shape index (κ1) is 16.3. The number of carbonyl (C=O) groups excluding carboxylic acids is 1. The predicted octanol–water partition coefficient (Wildman–Crippen LogP) is 2.67. The highest BCUT2D eigenvalue weighted by atomic mass is 19.1. The zero-order valence-corrected chi connectivity index (χ0v) is 13.1. The van der Waals surface area contributed by atoms with Crippen molar-refractivity contribution in [1.29, 1.82) is 0 Å². The molecule has 0 radical (unpaired) electrons. The Hall–Kier alpha value is -3.55. The van der Waals surface area contributed by atoms with Crippen LogP contribution >= 0.6 is 0 Å². The molecule has 0 aliphatic heterocycles. The van der Waals surface area contributed by atoms with Gasteiger partial charge in [0.1, 0.15) is 5.82 Å². The molecule has 8 heteroatoms. The average molecular weight is 340 g/mol.